The van der Waals surface area contributed by atoms with Crippen LogP contribution < -0.4 is 4.72 Å². The van der Waals surface area contributed by atoms with E-state index in [9.17, 15) is 13.2 Å². The molecule has 0 amide bonds. The van der Waals surface area contributed by atoms with E-state index in [1.807, 2.05) is 6.92 Å². The van der Waals surface area contributed by atoms with Crippen LogP contribution in [0.15, 0.2) is 24.3 Å². The first kappa shape index (κ1) is 15.9. The molecule has 2 rings (SSSR count). The van der Waals surface area contributed by atoms with E-state index >= 15 is 0 Å². The van der Waals surface area contributed by atoms with Gasteiger partial charge in [0.05, 0.1) is 12.7 Å². The smallest absolute Gasteiger partial charge is 0.337 e. The normalized spacial score (nSPS) is 19.6. The topological polar surface area (TPSA) is 75.7 Å². The van der Waals surface area contributed by atoms with Crippen molar-refractivity contribution in [2.75, 3.05) is 13.7 Å². The molecule has 1 saturated heterocycles. The minimum Gasteiger partial charge on any atom is -0.465 e. The molecule has 0 aromatic heterocycles. The minimum absolute atomic E-state index is 0.0456. The van der Waals surface area contributed by atoms with Gasteiger partial charge in [-0.25, -0.2) is 4.79 Å². The van der Waals surface area contributed by atoms with Gasteiger partial charge in [0.1, 0.15) is 0 Å². The number of ether oxygens (including phenoxy) is 1. The highest BCUT2D eigenvalue weighted by Gasteiger charge is 2.30. The number of benzene rings is 1. The standard InChI is InChI=1S/C14H20N2O4S/c1-11-4-3-9-16(11)21(18,19)15-10-12-5-7-13(8-6-12)14(17)20-2/h5-8,11,15H,3-4,9-10H2,1-2H3/t11-/m1/s1. The largest absolute Gasteiger partial charge is 0.465 e. The maximum atomic E-state index is 12.2. The zero-order valence-electron chi connectivity index (χ0n) is 12.2. The van der Waals surface area contributed by atoms with Crippen LogP contribution in [0, 0.1) is 0 Å². The summed E-state index contributed by atoms with van der Waals surface area (Å²) in [4.78, 5) is 11.3. The Labute approximate surface area is 125 Å². The third-order valence-corrected chi connectivity index (χ3v) is 5.30. The van der Waals surface area contributed by atoms with Gasteiger partial charge in [0.15, 0.2) is 0 Å². The summed E-state index contributed by atoms with van der Waals surface area (Å²) in [7, 11) is -2.13. The van der Waals surface area contributed by atoms with Gasteiger partial charge in [-0.1, -0.05) is 12.1 Å². The molecule has 1 atom stereocenters. The Morgan fingerprint density at radius 3 is 2.57 bits per heavy atom. The number of rotatable bonds is 5. The van der Waals surface area contributed by atoms with Crippen molar-refractivity contribution in [3.63, 3.8) is 0 Å². The molecule has 1 aromatic rings. The van der Waals surface area contributed by atoms with Crippen LogP contribution in [0.4, 0.5) is 0 Å². The van der Waals surface area contributed by atoms with E-state index in [0.29, 0.717) is 12.1 Å². The molecule has 1 fully saturated rings. The van der Waals surface area contributed by atoms with Crippen LogP contribution >= 0.6 is 0 Å². The Bertz CT molecular complexity index is 598. The molecular weight excluding hydrogens is 292 g/mol. The second-order valence-corrected chi connectivity index (χ2v) is 6.82. The lowest BCUT2D eigenvalue weighted by atomic mass is 10.1. The monoisotopic (exact) mass is 312 g/mol. The maximum Gasteiger partial charge on any atom is 0.337 e. The number of esters is 1. The fraction of sp³-hybridized carbons (Fsp3) is 0.500. The summed E-state index contributed by atoms with van der Waals surface area (Å²) in [5.41, 5.74) is 1.23. The molecule has 1 aliphatic rings. The zero-order chi connectivity index (χ0) is 15.5. The van der Waals surface area contributed by atoms with Crippen molar-refractivity contribution < 1.29 is 17.9 Å². The molecule has 0 unspecified atom stereocenters. The van der Waals surface area contributed by atoms with Crippen molar-refractivity contribution in [1.29, 1.82) is 0 Å². The Kier molecular flexibility index (Phi) is 4.97. The van der Waals surface area contributed by atoms with Crippen molar-refractivity contribution in [1.82, 2.24) is 9.03 Å². The molecule has 7 heteroatoms. The molecule has 6 nitrogen and oxygen atoms in total. The fourth-order valence-electron chi connectivity index (χ4n) is 2.40. The highest BCUT2D eigenvalue weighted by Crippen LogP contribution is 2.19. The molecule has 21 heavy (non-hydrogen) atoms. The van der Waals surface area contributed by atoms with E-state index in [2.05, 4.69) is 9.46 Å². The number of nitrogens with zero attached hydrogens (tertiary/aromatic N) is 1. The Balaban J connectivity index is 1.98. The third-order valence-electron chi connectivity index (χ3n) is 3.63. The van der Waals surface area contributed by atoms with Crippen molar-refractivity contribution in [2.24, 2.45) is 0 Å². The van der Waals surface area contributed by atoms with Gasteiger partial charge >= 0.3 is 5.97 Å². The molecule has 1 N–H and O–H groups in total. The van der Waals surface area contributed by atoms with Crippen LogP contribution in [-0.4, -0.2) is 38.4 Å². The summed E-state index contributed by atoms with van der Waals surface area (Å²) < 4.78 is 33.1. The van der Waals surface area contributed by atoms with Gasteiger partial charge < -0.3 is 4.74 Å². The number of hydrogen-bond donors (Lipinski definition) is 1. The van der Waals surface area contributed by atoms with Crippen LogP contribution in [0.3, 0.4) is 0 Å². The maximum absolute atomic E-state index is 12.2. The quantitative estimate of drug-likeness (QED) is 0.831. The van der Waals surface area contributed by atoms with Gasteiger partial charge in [0.25, 0.3) is 10.2 Å². The van der Waals surface area contributed by atoms with Crippen LogP contribution in [0.25, 0.3) is 0 Å². The first-order chi connectivity index (χ1) is 9.94. The number of carbonyl (C=O) groups excluding carboxylic acids is 1. The summed E-state index contributed by atoms with van der Waals surface area (Å²) in [5.74, 6) is -0.409. The minimum atomic E-state index is -3.45. The number of nitrogens with one attached hydrogen (secondary N) is 1. The SMILES string of the molecule is COC(=O)c1ccc(CNS(=O)(=O)N2CCC[C@H]2C)cc1. The number of methoxy groups -OCH3 is 1. The molecular formula is C14H20N2O4S. The second kappa shape index (κ2) is 6.55. The first-order valence-electron chi connectivity index (χ1n) is 6.88. The van der Waals surface area contributed by atoms with E-state index in [0.717, 1.165) is 18.4 Å². The average Bonchev–Trinajstić information content (AvgIpc) is 2.92. The lowest BCUT2D eigenvalue weighted by Crippen LogP contribution is -2.42. The van der Waals surface area contributed by atoms with Crippen LogP contribution in [0.5, 0.6) is 0 Å². The molecule has 1 heterocycles. The highest BCUT2D eigenvalue weighted by molar-refractivity contribution is 7.87. The van der Waals surface area contributed by atoms with Crippen LogP contribution in [0.2, 0.25) is 0 Å². The van der Waals surface area contributed by atoms with E-state index in [1.54, 1.807) is 24.3 Å². The Morgan fingerprint density at radius 1 is 1.38 bits per heavy atom. The summed E-state index contributed by atoms with van der Waals surface area (Å²) in [6.07, 6.45) is 1.80. The van der Waals surface area contributed by atoms with E-state index in [-0.39, 0.29) is 12.6 Å². The van der Waals surface area contributed by atoms with Gasteiger partial charge in [-0.2, -0.15) is 17.4 Å². The van der Waals surface area contributed by atoms with E-state index < -0.39 is 16.2 Å². The van der Waals surface area contributed by atoms with Gasteiger partial charge in [0, 0.05) is 19.1 Å². The van der Waals surface area contributed by atoms with Crippen molar-refractivity contribution in [2.45, 2.75) is 32.4 Å². The summed E-state index contributed by atoms with van der Waals surface area (Å²) in [6, 6.07) is 6.70. The number of carbonyl (C=O) groups is 1. The van der Waals surface area contributed by atoms with Crippen molar-refractivity contribution in [3.8, 4) is 0 Å². The second-order valence-electron chi connectivity index (χ2n) is 5.12. The zero-order valence-corrected chi connectivity index (χ0v) is 13.0. The first-order valence-corrected chi connectivity index (χ1v) is 8.32. The lowest BCUT2D eigenvalue weighted by Gasteiger charge is -2.21. The summed E-state index contributed by atoms with van der Waals surface area (Å²) in [6.45, 7) is 2.68. The van der Waals surface area contributed by atoms with Gasteiger partial charge in [-0.05, 0) is 37.5 Å². The average molecular weight is 312 g/mol. The number of hydrogen-bond acceptors (Lipinski definition) is 4. The molecule has 0 aliphatic carbocycles. The predicted octanol–water partition coefficient (Wildman–Crippen LogP) is 1.29. The molecule has 1 aliphatic heterocycles. The van der Waals surface area contributed by atoms with Gasteiger partial charge in [0.2, 0.25) is 0 Å². The van der Waals surface area contributed by atoms with Crippen molar-refractivity contribution >= 4 is 16.2 Å². The van der Waals surface area contributed by atoms with E-state index in [1.165, 1.54) is 11.4 Å². The lowest BCUT2D eigenvalue weighted by molar-refractivity contribution is 0.0600. The third kappa shape index (κ3) is 3.81. The Hall–Kier alpha value is -1.44. The molecule has 0 spiro atoms. The summed E-state index contributed by atoms with van der Waals surface area (Å²) in [5, 5.41) is 0. The van der Waals surface area contributed by atoms with E-state index in [4.69, 9.17) is 0 Å². The fourth-order valence-corrected chi connectivity index (χ4v) is 3.86. The highest BCUT2D eigenvalue weighted by atomic mass is 32.2. The molecule has 0 bridgehead atoms. The van der Waals surface area contributed by atoms with Crippen molar-refractivity contribution in [3.05, 3.63) is 35.4 Å². The van der Waals surface area contributed by atoms with Gasteiger partial charge in [-0.3, -0.25) is 0 Å². The molecule has 1 aromatic carbocycles. The molecule has 0 radical (unpaired) electrons. The van der Waals surface area contributed by atoms with Gasteiger partial charge in [-0.15, -0.1) is 0 Å². The van der Waals surface area contributed by atoms with Crippen LogP contribution in [0.1, 0.15) is 35.7 Å². The summed E-state index contributed by atoms with van der Waals surface area (Å²) >= 11 is 0. The predicted molar refractivity (Wildman–Crippen MR) is 78.9 cm³/mol. The molecule has 0 saturated carbocycles. The molecule has 116 valence electrons. The Morgan fingerprint density at radius 2 is 2.05 bits per heavy atom. The van der Waals surface area contributed by atoms with Crippen LogP contribution in [-0.2, 0) is 21.5 Å².